The van der Waals surface area contributed by atoms with Gasteiger partial charge in [-0.2, -0.15) is 0 Å². The van der Waals surface area contributed by atoms with Crippen molar-refractivity contribution in [2.75, 3.05) is 0 Å². The summed E-state index contributed by atoms with van der Waals surface area (Å²) in [6.07, 6.45) is 1.74. The molecule has 0 aliphatic carbocycles. The van der Waals surface area contributed by atoms with Gasteiger partial charge in [0.2, 0.25) is 5.91 Å². The number of ether oxygens (including phenoxy) is 1. The highest BCUT2D eigenvalue weighted by molar-refractivity contribution is 5.84. The molecule has 0 aliphatic rings. The predicted molar refractivity (Wildman–Crippen MR) is 78.8 cm³/mol. The van der Waals surface area contributed by atoms with Crippen LogP contribution < -0.4 is 10.9 Å². The number of hydrogen-bond acceptors (Lipinski definition) is 4. The zero-order valence-corrected chi connectivity index (χ0v) is 12.9. The van der Waals surface area contributed by atoms with Crippen LogP contribution in [-0.4, -0.2) is 28.1 Å². The molecule has 0 bridgehead atoms. The molecule has 1 heterocycles. The van der Waals surface area contributed by atoms with Crippen LogP contribution in [0.1, 0.15) is 34.1 Å². The van der Waals surface area contributed by atoms with Crippen molar-refractivity contribution < 1.29 is 14.3 Å². The number of carbonyl (C=O) groups excluding carboxylic acids is 2. The van der Waals surface area contributed by atoms with Crippen molar-refractivity contribution in [1.82, 2.24) is 9.88 Å². The van der Waals surface area contributed by atoms with Crippen molar-refractivity contribution in [2.45, 2.75) is 52.3 Å². The summed E-state index contributed by atoms with van der Waals surface area (Å²) in [5, 5.41) is 2.56. The average Bonchev–Trinajstić information content (AvgIpc) is 2.35. The molecule has 1 atom stereocenters. The fraction of sp³-hybridized carbons (Fsp3) is 0.533. The van der Waals surface area contributed by atoms with Gasteiger partial charge in [-0.1, -0.05) is 6.07 Å². The van der Waals surface area contributed by atoms with E-state index < -0.39 is 17.6 Å². The Balaban J connectivity index is 2.45. The second kappa shape index (κ2) is 7.06. The Morgan fingerprint density at radius 1 is 1.33 bits per heavy atom. The first-order chi connectivity index (χ1) is 9.69. The summed E-state index contributed by atoms with van der Waals surface area (Å²) in [5.74, 6) is -0.781. The number of hydrogen-bond donors (Lipinski definition) is 1. The van der Waals surface area contributed by atoms with E-state index in [4.69, 9.17) is 4.74 Å². The van der Waals surface area contributed by atoms with Gasteiger partial charge < -0.3 is 14.6 Å². The monoisotopic (exact) mass is 294 g/mol. The Morgan fingerprint density at radius 2 is 2.00 bits per heavy atom. The minimum absolute atomic E-state index is 0.122. The van der Waals surface area contributed by atoms with Gasteiger partial charge in [0.1, 0.15) is 11.6 Å². The van der Waals surface area contributed by atoms with E-state index in [2.05, 4.69) is 5.32 Å². The largest absolute Gasteiger partial charge is 0.458 e. The van der Waals surface area contributed by atoms with E-state index in [1.54, 1.807) is 46.0 Å². The summed E-state index contributed by atoms with van der Waals surface area (Å²) < 4.78 is 6.62. The maximum atomic E-state index is 11.8. The quantitative estimate of drug-likeness (QED) is 0.825. The lowest BCUT2D eigenvalue weighted by Crippen LogP contribution is -2.42. The molecule has 0 aromatic carbocycles. The van der Waals surface area contributed by atoms with Gasteiger partial charge in [0.05, 0.1) is 0 Å². The van der Waals surface area contributed by atoms with Gasteiger partial charge >= 0.3 is 5.97 Å². The molecule has 1 aromatic heterocycles. The molecule has 0 saturated carbocycles. The second-order valence-corrected chi connectivity index (χ2v) is 5.80. The zero-order chi connectivity index (χ0) is 16.0. The number of carbonyl (C=O) groups is 2. The Labute approximate surface area is 124 Å². The van der Waals surface area contributed by atoms with Gasteiger partial charge in [-0.3, -0.25) is 9.59 Å². The maximum Gasteiger partial charge on any atom is 0.328 e. The van der Waals surface area contributed by atoms with Crippen LogP contribution in [0.5, 0.6) is 0 Å². The van der Waals surface area contributed by atoms with E-state index in [9.17, 15) is 14.4 Å². The highest BCUT2D eigenvalue weighted by Crippen LogP contribution is 2.08. The molecular weight excluding hydrogens is 272 g/mol. The van der Waals surface area contributed by atoms with Crippen LogP contribution in [0.15, 0.2) is 29.2 Å². The number of esters is 1. The first-order valence-electron chi connectivity index (χ1n) is 6.87. The van der Waals surface area contributed by atoms with Crippen molar-refractivity contribution in [2.24, 2.45) is 0 Å². The molecule has 1 amide bonds. The van der Waals surface area contributed by atoms with Crippen molar-refractivity contribution >= 4 is 11.9 Å². The van der Waals surface area contributed by atoms with Crippen LogP contribution in [-0.2, 0) is 20.9 Å². The average molecular weight is 294 g/mol. The Hall–Kier alpha value is -2.11. The molecule has 1 aromatic rings. The van der Waals surface area contributed by atoms with Crippen LogP contribution in [0, 0.1) is 0 Å². The second-order valence-electron chi connectivity index (χ2n) is 5.80. The Kier molecular flexibility index (Phi) is 5.69. The number of aryl methyl sites for hydroxylation is 1. The van der Waals surface area contributed by atoms with E-state index >= 15 is 0 Å². The van der Waals surface area contributed by atoms with E-state index in [0.717, 1.165) is 0 Å². The Morgan fingerprint density at radius 3 is 2.57 bits per heavy atom. The third-order valence-corrected chi connectivity index (χ3v) is 2.62. The molecule has 1 N–H and O–H groups in total. The fourth-order valence-electron chi connectivity index (χ4n) is 1.63. The highest BCUT2D eigenvalue weighted by atomic mass is 16.6. The first-order valence-corrected chi connectivity index (χ1v) is 6.87. The number of amides is 1. The molecule has 0 saturated heterocycles. The van der Waals surface area contributed by atoms with Gasteiger partial charge in [-0.25, -0.2) is 4.79 Å². The van der Waals surface area contributed by atoms with Crippen LogP contribution in [0.3, 0.4) is 0 Å². The van der Waals surface area contributed by atoms with E-state index in [0.29, 0.717) is 0 Å². The third-order valence-electron chi connectivity index (χ3n) is 2.62. The van der Waals surface area contributed by atoms with Crippen LogP contribution in [0.2, 0.25) is 0 Å². The number of rotatable bonds is 5. The number of nitrogens with one attached hydrogen (secondary N) is 1. The van der Waals surface area contributed by atoms with Crippen molar-refractivity contribution in [3.63, 3.8) is 0 Å². The third kappa shape index (κ3) is 6.25. The van der Waals surface area contributed by atoms with Gasteiger partial charge in [0.25, 0.3) is 5.56 Å². The molecule has 116 valence electrons. The summed E-state index contributed by atoms with van der Waals surface area (Å²) in [7, 11) is 0. The Bertz CT molecular complexity index is 557. The standard InChI is InChI=1S/C15H22N2O4/c1-11(14(20)21-15(2,3)4)16-12(18)8-10-17-9-6-5-7-13(17)19/h5-7,9,11H,8,10H2,1-4H3,(H,16,18)/t11-/m1/s1. The number of aromatic nitrogens is 1. The van der Waals surface area contributed by atoms with E-state index in [1.165, 1.54) is 10.6 Å². The first kappa shape index (κ1) is 16.9. The molecule has 0 aliphatic heterocycles. The molecule has 0 radical (unpaired) electrons. The molecule has 6 heteroatoms. The van der Waals surface area contributed by atoms with Crippen LogP contribution >= 0.6 is 0 Å². The van der Waals surface area contributed by atoms with Crippen molar-refractivity contribution in [3.8, 4) is 0 Å². The maximum absolute atomic E-state index is 11.8. The molecule has 21 heavy (non-hydrogen) atoms. The molecule has 1 rings (SSSR count). The summed E-state index contributed by atoms with van der Waals surface area (Å²) >= 11 is 0. The summed E-state index contributed by atoms with van der Waals surface area (Å²) in [6, 6.07) is 4.08. The van der Waals surface area contributed by atoms with Gasteiger partial charge in [-0.05, 0) is 33.8 Å². The SMILES string of the molecule is C[C@@H](NC(=O)CCn1ccccc1=O)C(=O)OC(C)(C)C. The van der Waals surface area contributed by atoms with Crippen molar-refractivity contribution in [1.29, 1.82) is 0 Å². The number of pyridine rings is 1. The lowest BCUT2D eigenvalue weighted by atomic mass is 10.2. The van der Waals surface area contributed by atoms with E-state index in [1.807, 2.05) is 0 Å². The molecule has 0 unspecified atom stereocenters. The molecule has 0 fully saturated rings. The van der Waals surface area contributed by atoms with Crippen LogP contribution in [0.25, 0.3) is 0 Å². The molecular formula is C15H22N2O4. The zero-order valence-electron chi connectivity index (χ0n) is 12.9. The molecule has 6 nitrogen and oxygen atoms in total. The minimum atomic E-state index is -0.718. The van der Waals surface area contributed by atoms with Gasteiger partial charge in [0.15, 0.2) is 0 Å². The fourth-order valence-corrected chi connectivity index (χ4v) is 1.63. The number of nitrogens with zero attached hydrogens (tertiary/aromatic N) is 1. The minimum Gasteiger partial charge on any atom is -0.458 e. The summed E-state index contributed by atoms with van der Waals surface area (Å²) in [6.45, 7) is 7.14. The van der Waals surface area contributed by atoms with Gasteiger partial charge in [-0.15, -0.1) is 0 Å². The smallest absolute Gasteiger partial charge is 0.328 e. The lowest BCUT2D eigenvalue weighted by Gasteiger charge is -2.22. The van der Waals surface area contributed by atoms with Crippen molar-refractivity contribution in [3.05, 3.63) is 34.7 Å². The summed E-state index contributed by atoms with van der Waals surface area (Å²) in [4.78, 5) is 35.0. The topological polar surface area (TPSA) is 77.4 Å². The van der Waals surface area contributed by atoms with Crippen LogP contribution in [0.4, 0.5) is 0 Å². The highest BCUT2D eigenvalue weighted by Gasteiger charge is 2.22. The van der Waals surface area contributed by atoms with Gasteiger partial charge in [0, 0.05) is 25.2 Å². The lowest BCUT2D eigenvalue weighted by molar-refractivity contribution is -0.158. The van der Waals surface area contributed by atoms with E-state index in [-0.39, 0.29) is 24.4 Å². The molecule has 0 spiro atoms. The normalized spacial score (nSPS) is 12.6. The predicted octanol–water partition coefficient (Wildman–Crippen LogP) is 1.08. The summed E-state index contributed by atoms with van der Waals surface area (Å²) in [5.41, 5.74) is -0.751.